The standard InChI is InChI=1S/C19H24N6O3.ClH/c1-12(26)22-15-8-14(9-16(10-15)23-13(2)27)19(28)25-7-4-20-11-17(25)18-21-5-6-24(18)3;/h5-6,8-10,17,20H,4,7,11H2,1-3H3,(H,22,26)(H,23,27);1H. The highest BCUT2D eigenvalue weighted by atomic mass is 35.5. The maximum absolute atomic E-state index is 13.3. The van der Waals surface area contributed by atoms with Crippen LogP contribution < -0.4 is 16.0 Å². The van der Waals surface area contributed by atoms with Crippen molar-refractivity contribution < 1.29 is 14.4 Å². The van der Waals surface area contributed by atoms with E-state index < -0.39 is 0 Å². The van der Waals surface area contributed by atoms with Gasteiger partial charge in [0.25, 0.3) is 5.91 Å². The number of rotatable bonds is 4. The molecule has 0 spiro atoms. The molecule has 3 amide bonds. The van der Waals surface area contributed by atoms with E-state index in [0.717, 1.165) is 5.82 Å². The second kappa shape index (κ2) is 9.53. The molecule has 0 radical (unpaired) electrons. The molecule has 1 saturated heterocycles. The number of carbonyl (C=O) groups excluding carboxylic acids is 3. The predicted octanol–water partition coefficient (Wildman–Crippen LogP) is 1.55. The SMILES string of the molecule is CC(=O)Nc1cc(NC(C)=O)cc(C(=O)N2CCNCC2c2nccn2C)c1.Cl. The Morgan fingerprint density at radius 1 is 1.10 bits per heavy atom. The second-order valence-electron chi connectivity index (χ2n) is 6.78. The maximum atomic E-state index is 13.3. The minimum Gasteiger partial charge on any atom is -0.336 e. The van der Waals surface area contributed by atoms with Crippen LogP contribution in [0, 0.1) is 0 Å². The van der Waals surface area contributed by atoms with E-state index in [2.05, 4.69) is 20.9 Å². The van der Waals surface area contributed by atoms with E-state index in [1.807, 2.05) is 17.8 Å². The van der Waals surface area contributed by atoms with Crippen LogP contribution in [0.5, 0.6) is 0 Å². The quantitative estimate of drug-likeness (QED) is 0.695. The molecule has 1 aromatic heterocycles. The Balaban J connectivity index is 0.00000300. The van der Waals surface area contributed by atoms with E-state index in [1.54, 1.807) is 29.3 Å². The molecule has 9 nitrogen and oxygen atoms in total. The van der Waals surface area contributed by atoms with Gasteiger partial charge in [-0.05, 0) is 18.2 Å². The molecule has 2 aromatic rings. The van der Waals surface area contributed by atoms with Gasteiger partial charge in [-0.25, -0.2) is 4.98 Å². The number of imidazole rings is 1. The van der Waals surface area contributed by atoms with Crippen LogP contribution in [-0.2, 0) is 16.6 Å². The molecular formula is C19H25ClN6O3. The Bertz CT molecular complexity index is 879. The van der Waals surface area contributed by atoms with Crippen LogP contribution in [0.4, 0.5) is 11.4 Å². The number of aromatic nitrogens is 2. The van der Waals surface area contributed by atoms with Crippen LogP contribution in [0.15, 0.2) is 30.6 Å². The summed E-state index contributed by atoms with van der Waals surface area (Å²) in [5.41, 5.74) is 1.28. The summed E-state index contributed by atoms with van der Waals surface area (Å²) in [6, 6.07) is 4.64. The molecule has 3 N–H and O–H groups in total. The van der Waals surface area contributed by atoms with Crippen molar-refractivity contribution >= 4 is 41.5 Å². The van der Waals surface area contributed by atoms with E-state index >= 15 is 0 Å². The third-order valence-corrected chi connectivity index (χ3v) is 4.48. The topological polar surface area (TPSA) is 108 Å². The van der Waals surface area contributed by atoms with E-state index in [0.29, 0.717) is 36.6 Å². The molecular weight excluding hydrogens is 396 g/mol. The lowest BCUT2D eigenvalue weighted by molar-refractivity contribution is -0.115. The number of hydrogen-bond acceptors (Lipinski definition) is 5. The summed E-state index contributed by atoms with van der Waals surface area (Å²) >= 11 is 0. The van der Waals surface area contributed by atoms with E-state index in [9.17, 15) is 14.4 Å². The van der Waals surface area contributed by atoms with Crippen LogP contribution in [0.3, 0.4) is 0 Å². The molecule has 1 atom stereocenters. The maximum Gasteiger partial charge on any atom is 0.254 e. The predicted molar refractivity (Wildman–Crippen MR) is 112 cm³/mol. The normalized spacial score (nSPS) is 16.0. The summed E-state index contributed by atoms with van der Waals surface area (Å²) in [4.78, 5) is 42.4. The number of aryl methyl sites for hydroxylation is 1. The average molecular weight is 421 g/mol. The van der Waals surface area contributed by atoms with Gasteiger partial charge in [-0.3, -0.25) is 14.4 Å². The Kier molecular flexibility index (Phi) is 7.35. The summed E-state index contributed by atoms with van der Waals surface area (Å²) in [6.45, 7) is 4.58. The van der Waals surface area contributed by atoms with Crippen molar-refractivity contribution in [3.63, 3.8) is 0 Å². The number of benzene rings is 1. The number of nitrogens with zero attached hydrogens (tertiary/aromatic N) is 3. The summed E-state index contributed by atoms with van der Waals surface area (Å²) in [6.07, 6.45) is 3.55. The van der Waals surface area contributed by atoms with Crippen molar-refractivity contribution in [1.82, 2.24) is 19.8 Å². The molecule has 156 valence electrons. The molecule has 0 aliphatic carbocycles. The molecule has 2 heterocycles. The highest BCUT2D eigenvalue weighted by molar-refractivity contribution is 6.00. The largest absolute Gasteiger partial charge is 0.336 e. The number of nitrogens with one attached hydrogen (secondary N) is 3. The Morgan fingerprint density at radius 3 is 2.24 bits per heavy atom. The van der Waals surface area contributed by atoms with Crippen molar-refractivity contribution in [1.29, 1.82) is 0 Å². The van der Waals surface area contributed by atoms with Gasteiger partial charge in [0.2, 0.25) is 11.8 Å². The number of halogens is 1. The van der Waals surface area contributed by atoms with E-state index in [-0.39, 0.29) is 36.2 Å². The summed E-state index contributed by atoms with van der Waals surface area (Å²) in [7, 11) is 1.89. The van der Waals surface area contributed by atoms with Crippen LogP contribution in [0.2, 0.25) is 0 Å². The summed E-state index contributed by atoms with van der Waals surface area (Å²) < 4.78 is 1.90. The van der Waals surface area contributed by atoms with Gasteiger partial charge in [0.05, 0.1) is 0 Å². The first-order valence-corrected chi connectivity index (χ1v) is 9.04. The van der Waals surface area contributed by atoms with Crippen molar-refractivity contribution in [3.05, 3.63) is 42.0 Å². The number of piperazine rings is 1. The number of carbonyl (C=O) groups is 3. The van der Waals surface area contributed by atoms with Crippen molar-refractivity contribution in [2.75, 3.05) is 30.3 Å². The van der Waals surface area contributed by atoms with Gasteiger partial charge in [-0.2, -0.15) is 0 Å². The number of hydrogen-bond donors (Lipinski definition) is 3. The van der Waals surface area contributed by atoms with E-state index in [1.165, 1.54) is 13.8 Å². The van der Waals surface area contributed by atoms with Gasteiger partial charge in [0.1, 0.15) is 11.9 Å². The fourth-order valence-corrected chi connectivity index (χ4v) is 3.34. The first-order valence-electron chi connectivity index (χ1n) is 9.04. The Hall–Kier alpha value is -2.91. The van der Waals surface area contributed by atoms with E-state index in [4.69, 9.17) is 0 Å². The van der Waals surface area contributed by atoms with Crippen LogP contribution in [0.1, 0.15) is 36.1 Å². The monoisotopic (exact) mass is 420 g/mol. The van der Waals surface area contributed by atoms with Crippen LogP contribution in [0.25, 0.3) is 0 Å². The zero-order valence-electron chi connectivity index (χ0n) is 16.6. The van der Waals surface area contributed by atoms with Gasteiger partial charge in [-0.1, -0.05) is 0 Å². The molecule has 10 heteroatoms. The molecule has 3 rings (SSSR count). The lowest BCUT2D eigenvalue weighted by Crippen LogP contribution is -2.49. The zero-order chi connectivity index (χ0) is 20.3. The smallest absolute Gasteiger partial charge is 0.254 e. The van der Waals surface area contributed by atoms with Gasteiger partial charge >= 0.3 is 0 Å². The minimum absolute atomic E-state index is 0. The van der Waals surface area contributed by atoms with Crippen LogP contribution in [-0.4, -0.2) is 51.8 Å². The molecule has 1 aromatic carbocycles. The highest BCUT2D eigenvalue weighted by Gasteiger charge is 2.31. The van der Waals surface area contributed by atoms with Crippen LogP contribution >= 0.6 is 12.4 Å². The minimum atomic E-state index is -0.258. The van der Waals surface area contributed by atoms with Gasteiger partial charge in [0.15, 0.2) is 0 Å². The van der Waals surface area contributed by atoms with Gasteiger partial charge in [-0.15, -0.1) is 12.4 Å². The first-order chi connectivity index (χ1) is 13.3. The second-order valence-corrected chi connectivity index (χ2v) is 6.78. The Labute approximate surface area is 175 Å². The van der Waals surface area contributed by atoms with Crippen molar-refractivity contribution in [3.8, 4) is 0 Å². The van der Waals surface area contributed by atoms with Crippen molar-refractivity contribution in [2.45, 2.75) is 19.9 Å². The third kappa shape index (κ3) is 5.33. The lowest BCUT2D eigenvalue weighted by Gasteiger charge is -2.36. The first kappa shape index (κ1) is 22.4. The summed E-state index contributed by atoms with van der Waals surface area (Å²) in [5, 5.41) is 8.65. The zero-order valence-corrected chi connectivity index (χ0v) is 17.4. The third-order valence-electron chi connectivity index (χ3n) is 4.48. The molecule has 1 fully saturated rings. The number of anilines is 2. The lowest BCUT2D eigenvalue weighted by atomic mass is 10.1. The molecule has 0 bridgehead atoms. The average Bonchev–Trinajstić information content (AvgIpc) is 3.05. The fourth-order valence-electron chi connectivity index (χ4n) is 3.34. The summed E-state index contributed by atoms with van der Waals surface area (Å²) in [5.74, 6) is 0.0896. The number of amides is 3. The van der Waals surface area contributed by atoms with Crippen molar-refractivity contribution in [2.24, 2.45) is 7.05 Å². The highest BCUT2D eigenvalue weighted by Crippen LogP contribution is 2.26. The molecule has 1 unspecified atom stereocenters. The fraction of sp³-hybridized carbons (Fsp3) is 0.368. The van der Waals surface area contributed by atoms with Gasteiger partial charge in [0, 0.05) is 69.9 Å². The molecule has 0 saturated carbocycles. The van der Waals surface area contributed by atoms with Gasteiger partial charge < -0.3 is 25.4 Å². The molecule has 1 aliphatic heterocycles. The molecule has 29 heavy (non-hydrogen) atoms. The molecule has 1 aliphatic rings. The Morgan fingerprint density at radius 2 is 1.72 bits per heavy atom.